The van der Waals surface area contributed by atoms with Gasteiger partial charge >= 0.3 is 0 Å². The van der Waals surface area contributed by atoms with Crippen LogP contribution in [0.1, 0.15) is 23.3 Å². The molecule has 0 unspecified atom stereocenters. The molecule has 0 bridgehead atoms. The lowest BCUT2D eigenvalue weighted by molar-refractivity contribution is -0.122. The molecule has 2 amide bonds. The molecule has 0 radical (unpaired) electrons. The summed E-state index contributed by atoms with van der Waals surface area (Å²) in [6.45, 7) is 0.313. The molecule has 0 saturated heterocycles. The van der Waals surface area contributed by atoms with E-state index in [9.17, 15) is 9.59 Å². The first-order valence-corrected chi connectivity index (χ1v) is 8.90. The summed E-state index contributed by atoms with van der Waals surface area (Å²) in [5, 5.41) is 0.940. The van der Waals surface area contributed by atoms with Crippen molar-refractivity contribution in [2.45, 2.75) is 12.8 Å². The molecule has 2 N–H and O–H groups in total. The molecule has 1 aromatic heterocycles. The summed E-state index contributed by atoms with van der Waals surface area (Å²) in [6, 6.07) is 6.59. The maximum Gasteiger partial charge on any atom is 0.286 e. The average molecular weight is 449 g/mol. The second-order valence-electron chi connectivity index (χ2n) is 5.18. The highest BCUT2D eigenvalue weighted by Crippen LogP contribution is 2.27. The predicted molar refractivity (Wildman–Crippen MR) is 99.9 cm³/mol. The third kappa shape index (κ3) is 5.95. The van der Waals surface area contributed by atoms with E-state index < -0.39 is 5.91 Å². The van der Waals surface area contributed by atoms with Gasteiger partial charge in [-0.15, -0.1) is 0 Å². The zero-order valence-electron chi connectivity index (χ0n) is 13.3. The van der Waals surface area contributed by atoms with Gasteiger partial charge in [0.1, 0.15) is 11.4 Å². The maximum absolute atomic E-state index is 11.9. The smallest absolute Gasteiger partial charge is 0.286 e. The van der Waals surface area contributed by atoms with E-state index in [0.717, 1.165) is 4.47 Å². The number of hydrogen-bond acceptors (Lipinski definition) is 3. The van der Waals surface area contributed by atoms with Crippen molar-refractivity contribution < 1.29 is 14.3 Å². The number of ether oxygens (including phenoxy) is 1. The Morgan fingerprint density at radius 2 is 2.00 bits per heavy atom. The van der Waals surface area contributed by atoms with Crippen molar-refractivity contribution in [1.29, 1.82) is 0 Å². The summed E-state index contributed by atoms with van der Waals surface area (Å²) >= 11 is 15.1. The van der Waals surface area contributed by atoms with Crippen LogP contribution in [0.5, 0.6) is 5.75 Å². The number of nitrogens with one attached hydrogen (secondary N) is 2. The van der Waals surface area contributed by atoms with E-state index in [1.54, 1.807) is 42.1 Å². The van der Waals surface area contributed by atoms with Crippen molar-refractivity contribution in [3.8, 4) is 5.75 Å². The molecule has 1 heterocycles. The Kier molecular flexibility index (Phi) is 7.16. The van der Waals surface area contributed by atoms with E-state index in [0.29, 0.717) is 34.5 Å². The van der Waals surface area contributed by atoms with Gasteiger partial charge in [0.15, 0.2) is 0 Å². The van der Waals surface area contributed by atoms with Crippen molar-refractivity contribution in [3.05, 3.63) is 50.7 Å². The minimum Gasteiger partial charge on any atom is -0.492 e. The Labute approximate surface area is 163 Å². The highest BCUT2D eigenvalue weighted by Gasteiger charge is 2.12. The Bertz CT molecular complexity index is 780. The molecule has 2 rings (SSSR count). The average Bonchev–Trinajstić information content (AvgIpc) is 2.89. The fourth-order valence-corrected chi connectivity index (χ4v) is 3.00. The van der Waals surface area contributed by atoms with Gasteiger partial charge in [0.25, 0.3) is 5.91 Å². The van der Waals surface area contributed by atoms with Gasteiger partial charge in [-0.25, -0.2) is 0 Å². The van der Waals surface area contributed by atoms with Crippen LogP contribution in [0.2, 0.25) is 10.0 Å². The first-order valence-electron chi connectivity index (χ1n) is 7.35. The third-order valence-electron chi connectivity index (χ3n) is 3.22. The van der Waals surface area contributed by atoms with Crippen LogP contribution in [-0.4, -0.2) is 23.0 Å². The summed E-state index contributed by atoms with van der Waals surface area (Å²) in [5.41, 5.74) is 5.16. The predicted octanol–water partition coefficient (Wildman–Crippen LogP) is 3.71. The van der Waals surface area contributed by atoms with Gasteiger partial charge in [0.05, 0.1) is 11.6 Å². The second kappa shape index (κ2) is 9.12. The number of carbonyl (C=O) groups excluding carboxylic acids is 2. The second-order valence-corrected chi connectivity index (χ2v) is 6.94. The minimum absolute atomic E-state index is 0.197. The third-order valence-corrected chi connectivity index (χ3v) is 4.18. The van der Waals surface area contributed by atoms with Crippen molar-refractivity contribution in [2.24, 2.45) is 7.05 Å². The molecule has 6 nitrogen and oxygen atoms in total. The van der Waals surface area contributed by atoms with E-state index in [-0.39, 0.29) is 12.3 Å². The standard InChI is InChI=1S/C16H16BrCl2N3O3/c1-22-9-10(17)7-13(22)16(24)21-20-15(23)3-2-6-25-14-5-4-11(18)8-12(14)19/h4-5,7-9H,2-3,6H2,1H3,(H,20,23)(H,21,24). The highest BCUT2D eigenvalue weighted by molar-refractivity contribution is 9.10. The number of hydrogen-bond donors (Lipinski definition) is 2. The number of halogens is 3. The van der Waals surface area contributed by atoms with Gasteiger partial charge in [-0.3, -0.25) is 20.4 Å². The first kappa shape index (κ1) is 19.6. The SMILES string of the molecule is Cn1cc(Br)cc1C(=O)NNC(=O)CCCOc1ccc(Cl)cc1Cl. The van der Waals surface area contributed by atoms with E-state index in [2.05, 4.69) is 26.8 Å². The Morgan fingerprint density at radius 1 is 1.24 bits per heavy atom. The van der Waals surface area contributed by atoms with Crippen molar-refractivity contribution in [1.82, 2.24) is 15.4 Å². The van der Waals surface area contributed by atoms with Gasteiger partial charge < -0.3 is 9.30 Å². The summed E-state index contributed by atoms with van der Waals surface area (Å²) in [4.78, 5) is 23.7. The van der Waals surface area contributed by atoms with Gasteiger partial charge in [0.2, 0.25) is 5.91 Å². The molecule has 134 valence electrons. The number of nitrogens with zero attached hydrogens (tertiary/aromatic N) is 1. The van der Waals surface area contributed by atoms with Crippen LogP contribution in [0.4, 0.5) is 0 Å². The number of carbonyl (C=O) groups is 2. The molecule has 0 spiro atoms. The van der Waals surface area contributed by atoms with Crippen LogP contribution in [0.15, 0.2) is 34.9 Å². The van der Waals surface area contributed by atoms with Crippen LogP contribution in [0.3, 0.4) is 0 Å². The number of benzene rings is 1. The largest absolute Gasteiger partial charge is 0.492 e. The van der Waals surface area contributed by atoms with Gasteiger partial charge in [-0.05, 0) is 46.6 Å². The first-order chi connectivity index (χ1) is 11.9. The number of rotatable bonds is 6. The molecule has 0 atom stereocenters. The van der Waals surface area contributed by atoms with E-state index in [1.165, 1.54) is 0 Å². The van der Waals surface area contributed by atoms with Gasteiger partial charge in [0, 0.05) is 29.2 Å². The lowest BCUT2D eigenvalue weighted by atomic mass is 10.3. The molecule has 0 aliphatic heterocycles. The van der Waals surface area contributed by atoms with Crippen LogP contribution >= 0.6 is 39.1 Å². The zero-order chi connectivity index (χ0) is 18.4. The van der Waals surface area contributed by atoms with Crippen LogP contribution < -0.4 is 15.6 Å². The molecule has 0 fully saturated rings. The number of amides is 2. The van der Waals surface area contributed by atoms with Crippen LogP contribution in [0, 0.1) is 0 Å². The molecule has 0 aliphatic carbocycles. The monoisotopic (exact) mass is 447 g/mol. The normalized spacial score (nSPS) is 10.4. The van der Waals surface area contributed by atoms with E-state index in [4.69, 9.17) is 27.9 Å². The highest BCUT2D eigenvalue weighted by atomic mass is 79.9. The minimum atomic E-state index is -0.397. The van der Waals surface area contributed by atoms with Gasteiger partial charge in [-0.2, -0.15) is 0 Å². The summed E-state index contributed by atoms with van der Waals surface area (Å²) in [7, 11) is 1.74. The number of aromatic nitrogens is 1. The Hall–Kier alpha value is -1.70. The number of hydrazine groups is 1. The molecule has 0 saturated carbocycles. The summed E-state index contributed by atoms with van der Waals surface area (Å²) < 4.78 is 7.92. The fourth-order valence-electron chi connectivity index (χ4n) is 2.01. The van der Waals surface area contributed by atoms with Crippen LogP contribution in [0.25, 0.3) is 0 Å². The molecular weight excluding hydrogens is 433 g/mol. The maximum atomic E-state index is 11.9. The topological polar surface area (TPSA) is 72.4 Å². The fraction of sp³-hybridized carbons (Fsp3) is 0.250. The zero-order valence-corrected chi connectivity index (χ0v) is 16.4. The molecule has 9 heteroatoms. The summed E-state index contributed by atoms with van der Waals surface area (Å²) in [6.07, 6.45) is 2.41. The lowest BCUT2D eigenvalue weighted by Gasteiger charge is -2.09. The molecular formula is C16H16BrCl2N3O3. The van der Waals surface area contributed by atoms with Crippen molar-refractivity contribution in [3.63, 3.8) is 0 Å². The van der Waals surface area contributed by atoms with Crippen molar-refractivity contribution >= 4 is 50.9 Å². The summed E-state index contributed by atoms with van der Waals surface area (Å²) in [5.74, 6) is -0.202. The van der Waals surface area contributed by atoms with E-state index in [1.807, 2.05) is 0 Å². The van der Waals surface area contributed by atoms with Crippen molar-refractivity contribution in [2.75, 3.05) is 6.61 Å². The Morgan fingerprint density at radius 3 is 2.64 bits per heavy atom. The molecule has 1 aromatic carbocycles. The lowest BCUT2D eigenvalue weighted by Crippen LogP contribution is -2.42. The van der Waals surface area contributed by atoms with Gasteiger partial charge in [-0.1, -0.05) is 23.2 Å². The number of aryl methyl sites for hydroxylation is 1. The van der Waals surface area contributed by atoms with E-state index >= 15 is 0 Å². The molecule has 2 aromatic rings. The Balaban J connectivity index is 1.69. The quantitative estimate of drug-likeness (QED) is 0.522. The molecule has 0 aliphatic rings. The molecule has 25 heavy (non-hydrogen) atoms. The van der Waals surface area contributed by atoms with Crippen LogP contribution in [-0.2, 0) is 11.8 Å².